The number of methoxy groups -OCH3 is 1. The molecule has 0 bridgehead atoms. The van der Waals surface area contributed by atoms with E-state index in [9.17, 15) is 0 Å². The van der Waals surface area contributed by atoms with E-state index < -0.39 is 0 Å². The van der Waals surface area contributed by atoms with Crippen molar-refractivity contribution in [2.24, 2.45) is 0 Å². The SMILES string of the molecule is COc1c(Cl)cccc1CC1CO1. The van der Waals surface area contributed by atoms with Gasteiger partial charge in [0.2, 0.25) is 0 Å². The molecule has 0 aliphatic carbocycles. The van der Waals surface area contributed by atoms with Gasteiger partial charge in [-0.25, -0.2) is 0 Å². The quantitative estimate of drug-likeness (QED) is 0.696. The van der Waals surface area contributed by atoms with Crippen LogP contribution in [0.15, 0.2) is 18.2 Å². The highest BCUT2D eigenvalue weighted by molar-refractivity contribution is 6.32. The molecule has 3 heteroatoms. The summed E-state index contributed by atoms with van der Waals surface area (Å²) in [6.07, 6.45) is 1.26. The molecule has 70 valence electrons. The van der Waals surface area contributed by atoms with Gasteiger partial charge < -0.3 is 9.47 Å². The predicted octanol–water partition coefficient (Wildman–Crippen LogP) is 2.29. The molecule has 1 atom stereocenters. The van der Waals surface area contributed by atoms with Crippen molar-refractivity contribution in [2.75, 3.05) is 13.7 Å². The topological polar surface area (TPSA) is 21.8 Å². The Balaban J connectivity index is 2.25. The van der Waals surface area contributed by atoms with E-state index in [1.165, 1.54) is 0 Å². The number of rotatable bonds is 3. The van der Waals surface area contributed by atoms with Gasteiger partial charge in [-0.05, 0) is 11.6 Å². The molecule has 2 nitrogen and oxygen atoms in total. The zero-order valence-electron chi connectivity index (χ0n) is 7.42. The van der Waals surface area contributed by atoms with Crippen LogP contribution in [0.5, 0.6) is 5.75 Å². The molecule has 2 rings (SSSR count). The standard InChI is InChI=1S/C10H11ClO2/c1-12-10-7(5-8-6-13-8)3-2-4-9(10)11/h2-4,8H,5-6H2,1H3. The average molecular weight is 199 g/mol. The molecule has 0 radical (unpaired) electrons. The highest BCUT2D eigenvalue weighted by Crippen LogP contribution is 2.30. The van der Waals surface area contributed by atoms with Gasteiger partial charge in [0.15, 0.2) is 0 Å². The third kappa shape index (κ3) is 1.95. The number of hydrogen-bond donors (Lipinski definition) is 0. The van der Waals surface area contributed by atoms with E-state index in [2.05, 4.69) is 0 Å². The van der Waals surface area contributed by atoms with E-state index >= 15 is 0 Å². The fraction of sp³-hybridized carbons (Fsp3) is 0.400. The van der Waals surface area contributed by atoms with Gasteiger partial charge in [0.25, 0.3) is 0 Å². The Morgan fingerprint density at radius 1 is 1.62 bits per heavy atom. The molecule has 1 aromatic rings. The lowest BCUT2D eigenvalue weighted by atomic mass is 10.1. The molecule has 0 saturated carbocycles. The maximum absolute atomic E-state index is 5.97. The lowest BCUT2D eigenvalue weighted by molar-refractivity contribution is 0.391. The minimum Gasteiger partial charge on any atom is -0.495 e. The predicted molar refractivity (Wildman–Crippen MR) is 51.4 cm³/mol. The molecule has 0 amide bonds. The summed E-state index contributed by atoms with van der Waals surface area (Å²) in [6.45, 7) is 0.857. The van der Waals surface area contributed by atoms with E-state index in [-0.39, 0.29) is 0 Å². The first-order chi connectivity index (χ1) is 6.31. The Kier molecular flexibility index (Phi) is 2.42. The summed E-state index contributed by atoms with van der Waals surface area (Å²) in [5.41, 5.74) is 1.12. The van der Waals surface area contributed by atoms with Crippen LogP contribution in [-0.2, 0) is 11.2 Å². The van der Waals surface area contributed by atoms with Gasteiger partial charge in [-0.2, -0.15) is 0 Å². The Hall–Kier alpha value is -0.730. The first-order valence-electron chi connectivity index (χ1n) is 4.24. The minimum atomic E-state index is 0.368. The van der Waals surface area contributed by atoms with Crippen molar-refractivity contribution in [2.45, 2.75) is 12.5 Å². The lowest BCUT2D eigenvalue weighted by Gasteiger charge is -2.08. The van der Waals surface area contributed by atoms with Gasteiger partial charge in [-0.1, -0.05) is 23.7 Å². The lowest BCUT2D eigenvalue weighted by Crippen LogP contribution is -1.97. The zero-order valence-corrected chi connectivity index (χ0v) is 8.17. The van der Waals surface area contributed by atoms with Crippen molar-refractivity contribution >= 4 is 11.6 Å². The first kappa shape index (κ1) is 8.85. The van der Waals surface area contributed by atoms with E-state index in [4.69, 9.17) is 21.1 Å². The van der Waals surface area contributed by atoms with Crippen LogP contribution in [0, 0.1) is 0 Å². The zero-order chi connectivity index (χ0) is 9.26. The summed E-state index contributed by atoms with van der Waals surface area (Å²) in [4.78, 5) is 0. The van der Waals surface area contributed by atoms with Gasteiger partial charge in [0.05, 0.1) is 24.8 Å². The molecule has 0 N–H and O–H groups in total. The normalized spacial score (nSPS) is 20.0. The number of hydrogen-bond acceptors (Lipinski definition) is 2. The van der Waals surface area contributed by atoms with Crippen molar-refractivity contribution in [3.8, 4) is 5.75 Å². The Morgan fingerprint density at radius 2 is 2.38 bits per heavy atom. The molecule has 13 heavy (non-hydrogen) atoms. The fourth-order valence-electron chi connectivity index (χ4n) is 1.37. The van der Waals surface area contributed by atoms with Crippen LogP contribution in [0.1, 0.15) is 5.56 Å². The highest BCUT2D eigenvalue weighted by atomic mass is 35.5. The molecule has 0 spiro atoms. The number of para-hydroxylation sites is 1. The van der Waals surface area contributed by atoms with Crippen LogP contribution in [0.3, 0.4) is 0 Å². The molecule has 1 saturated heterocycles. The second kappa shape index (κ2) is 3.56. The Labute approximate surface area is 82.4 Å². The summed E-state index contributed by atoms with van der Waals surface area (Å²) in [5.74, 6) is 0.777. The van der Waals surface area contributed by atoms with Crippen molar-refractivity contribution in [1.29, 1.82) is 0 Å². The minimum absolute atomic E-state index is 0.368. The van der Waals surface area contributed by atoms with E-state index in [0.717, 1.165) is 24.3 Å². The molecule has 1 fully saturated rings. The van der Waals surface area contributed by atoms with Gasteiger partial charge in [0.1, 0.15) is 5.75 Å². The first-order valence-corrected chi connectivity index (χ1v) is 4.62. The van der Waals surface area contributed by atoms with Crippen LogP contribution in [-0.4, -0.2) is 19.8 Å². The van der Waals surface area contributed by atoms with Crippen LogP contribution in [0.4, 0.5) is 0 Å². The summed E-state index contributed by atoms with van der Waals surface area (Å²) < 4.78 is 10.4. The molecular weight excluding hydrogens is 188 g/mol. The second-order valence-corrected chi connectivity index (χ2v) is 3.50. The van der Waals surface area contributed by atoms with Gasteiger partial charge in [-0.3, -0.25) is 0 Å². The molecule has 1 aromatic carbocycles. The van der Waals surface area contributed by atoms with Gasteiger partial charge in [0, 0.05) is 6.42 Å². The van der Waals surface area contributed by atoms with E-state index in [1.54, 1.807) is 7.11 Å². The molecule has 1 heterocycles. The monoisotopic (exact) mass is 198 g/mol. The van der Waals surface area contributed by atoms with Crippen molar-refractivity contribution < 1.29 is 9.47 Å². The summed E-state index contributed by atoms with van der Waals surface area (Å²) in [5, 5.41) is 0.667. The Morgan fingerprint density at radius 3 is 3.00 bits per heavy atom. The fourth-order valence-corrected chi connectivity index (χ4v) is 1.65. The maximum Gasteiger partial charge on any atom is 0.140 e. The van der Waals surface area contributed by atoms with Crippen molar-refractivity contribution in [1.82, 2.24) is 0 Å². The van der Waals surface area contributed by atoms with E-state index in [1.807, 2.05) is 18.2 Å². The smallest absolute Gasteiger partial charge is 0.140 e. The van der Waals surface area contributed by atoms with Crippen LogP contribution < -0.4 is 4.74 Å². The summed E-state index contributed by atoms with van der Waals surface area (Å²) in [6, 6.07) is 5.78. The van der Waals surface area contributed by atoms with Gasteiger partial charge in [-0.15, -0.1) is 0 Å². The third-order valence-electron chi connectivity index (χ3n) is 2.10. The molecule has 0 aromatic heterocycles. The molecule has 1 unspecified atom stereocenters. The van der Waals surface area contributed by atoms with Crippen molar-refractivity contribution in [3.05, 3.63) is 28.8 Å². The number of ether oxygens (including phenoxy) is 2. The molecule has 1 aliphatic heterocycles. The number of benzene rings is 1. The average Bonchev–Trinajstić information content (AvgIpc) is 2.89. The molecular formula is C10H11ClO2. The summed E-state index contributed by atoms with van der Waals surface area (Å²) >= 11 is 5.97. The highest BCUT2D eigenvalue weighted by Gasteiger charge is 2.24. The summed E-state index contributed by atoms with van der Waals surface area (Å²) in [7, 11) is 1.64. The van der Waals surface area contributed by atoms with Crippen LogP contribution >= 0.6 is 11.6 Å². The molecule has 1 aliphatic rings. The third-order valence-corrected chi connectivity index (χ3v) is 2.40. The van der Waals surface area contributed by atoms with Gasteiger partial charge >= 0.3 is 0 Å². The number of epoxide rings is 1. The second-order valence-electron chi connectivity index (χ2n) is 3.09. The van der Waals surface area contributed by atoms with Crippen LogP contribution in [0.25, 0.3) is 0 Å². The van der Waals surface area contributed by atoms with Crippen molar-refractivity contribution in [3.63, 3.8) is 0 Å². The van der Waals surface area contributed by atoms with E-state index in [0.29, 0.717) is 11.1 Å². The van der Waals surface area contributed by atoms with Crippen LogP contribution in [0.2, 0.25) is 5.02 Å². The Bertz CT molecular complexity index is 308. The largest absolute Gasteiger partial charge is 0.495 e. The number of halogens is 1. The maximum atomic E-state index is 5.97.